The summed E-state index contributed by atoms with van der Waals surface area (Å²) in [5.74, 6) is 1.92. The molecule has 0 saturated carbocycles. The van der Waals surface area contributed by atoms with E-state index in [0.29, 0.717) is 19.5 Å². The number of carbonyl (C=O) groups excluding carboxylic acids is 1. The van der Waals surface area contributed by atoms with Crippen LogP contribution >= 0.6 is 15.9 Å². The van der Waals surface area contributed by atoms with E-state index in [9.17, 15) is 4.79 Å². The maximum Gasteiger partial charge on any atom is 0.227 e. The third-order valence-electron chi connectivity index (χ3n) is 5.19. The number of aromatic nitrogens is 2. The molecule has 29 heavy (non-hydrogen) atoms. The summed E-state index contributed by atoms with van der Waals surface area (Å²) in [5, 5.41) is 7.58. The van der Waals surface area contributed by atoms with Crippen LogP contribution < -0.4 is 9.64 Å². The third-order valence-corrected chi connectivity index (χ3v) is 5.72. The molecule has 1 aromatic heterocycles. The highest BCUT2D eigenvalue weighted by Gasteiger charge is 2.22. The average molecular weight is 455 g/mol. The lowest BCUT2D eigenvalue weighted by Gasteiger charge is -2.34. The summed E-state index contributed by atoms with van der Waals surface area (Å²) < 4.78 is 6.23. The number of benzene rings is 2. The van der Waals surface area contributed by atoms with Crippen LogP contribution in [-0.4, -0.2) is 54.3 Å². The fraction of sp³-hybridized carbons (Fsp3) is 0.273. The monoisotopic (exact) mass is 454 g/mol. The van der Waals surface area contributed by atoms with E-state index in [4.69, 9.17) is 4.74 Å². The molecule has 1 aliphatic rings. The average Bonchev–Trinajstić information content (AvgIpc) is 3.26. The maximum atomic E-state index is 12.6. The molecular formula is C22H23BrN4O2. The van der Waals surface area contributed by atoms with Crippen molar-refractivity contribution in [2.24, 2.45) is 0 Å². The van der Waals surface area contributed by atoms with Crippen LogP contribution in [0.4, 0.5) is 5.82 Å². The van der Waals surface area contributed by atoms with Crippen molar-refractivity contribution in [3.05, 3.63) is 64.6 Å². The van der Waals surface area contributed by atoms with Gasteiger partial charge in [-0.2, -0.15) is 5.10 Å². The van der Waals surface area contributed by atoms with Crippen LogP contribution in [0.2, 0.25) is 0 Å². The van der Waals surface area contributed by atoms with Crippen molar-refractivity contribution in [2.75, 3.05) is 38.2 Å². The van der Waals surface area contributed by atoms with Gasteiger partial charge in [-0.3, -0.25) is 9.89 Å². The lowest BCUT2D eigenvalue weighted by atomic mass is 10.1. The molecule has 0 atom stereocenters. The number of nitrogens with zero attached hydrogens (tertiary/aromatic N) is 3. The lowest BCUT2D eigenvalue weighted by Crippen LogP contribution is -2.49. The normalized spacial score (nSPS) is 14.1. The number of ether oxygens (including phenoxy) is 1. The van der Waals surface area contributed by atoms with Gasteiger partial charge in [0.1, 0.15) is 5.75 Å². The molecule has 3 aromatic rings. The number of piperazine rings is 1. The molecule has 2 aromatic carbocycles. The third kappa shape index (κ3) is 4.62. The first-order chi connectivity index (χ1) is 14.1. The fourth-order valence-corrected chi connectivity index (χ4v) is 3.73. The Bertz CT molecular complexity index is 961. The molecule has 1 amide bonds. The summed E-state index contributed by atoms with van der Waals surface area (Å²) >= 11 is 3.43. The van der Waals surface area contributed by atoms with Gasteiger partial charge < -0.3 is 14.5 Å². The molecule has 1 aliphatic heterocycles. The van der Waals surface area contributed by atoms with Crippen molar-refractivity contribution >= 4 is 27.7 Å². The minimum Gasteiger partial charge on any atom is -0.497 e. The van der Waals surface area contributed by atoms with Crippen molar-refractivity contribution in [3.8, 4) is 17.0 Å². The first-order valence-electron chi connectivity index (χ1n) is 9.59. The van der Waals surface area contributed by atoms with E-state index in [0.717, 1.165) is 46.0 Å². The summed E-state index contributed by atoms with van der Waals surface area (Å²) in [6, 6.07) is 17.9. The van der Waals surface area contributed by atoms with Crippen LogP contribution in [0.3, 0.4) is 0 Å². The second kappa shape index (κ2) is 8.69. The van der Waals surface area contributed by atoms with E-state index >= 15 is 0 Å². The highest BCUT2D eigenvalue weighted by molar-refractivity contribution is 9.10. The van der Waals surface area contributed by atoms with E-state index in [1.807, 2.05) is 53.4 Å². The van der Waals surface area contributed by atoms with Crippen molar-refractivity contribution < 1.29 is 9.53 Å². The van der Waals surface area contributed by atoms with E-state index in [2.05, 4.69) is 37.1 Å². The summed E-state index contributed by atoms with van der Waals surface area (Å²) in [6.07, 6.45) is 0.442. The second-order valence-corrected chi connectivity index (χ2v) is 7.96. The topological polar surface area (TPSA) is 61.5 Å². The number of amides is 1. The minimum atomic E-state index is 0.174. The Labute approximate surface area is 178 Å². The van der Waals surface area contributed by atoms with Crippen molar-refractivity contribution in [1.82, 2.24) is 15.1 Å². The zero-order valence-corrected chi connectivity index (χ0v) is 17.9. The van der Waals surface area contributed by atoms with Crippen LogP contribution in [0.5, 0.6) is 5.75 Å². The zero-order chi connectivity index (χ0) is 20.2. The second-order valence-electron chi connectivity index (χ2n) is 7.04. The maximum absolute atomic E-state index is 12.6. The predicted molar refractivity (Wildman–Crippen MR) is 117 cm³/mol. The van der Waals surface area contributed by atoms with Crippen LogP contribution in [0.15, 0.2) is 59.1 Å². The van der Waals surface area contributed by atoms with Crippen LogP contribution in [0, 0.1) is 0 Å². The number of H-pyrrole nitrogens is 1. The molecule has 6 nitrogen and oxygen atoms in total. The zero-order valence-electron chi connectivity index (χ0n) is 16.3. The Morgan fingerprint density at radius 3 is 2.41 bits per heavy atom. The first-order valence-corrected chi connectivity index (χ1v) is 10.4. The van der Waals surface area contributed by atoms with Gasteiger partial charge in [0.25, 0.3) is 0 Å². The summed E-state index contributed by atoms with van der Waals surface area (Å²) in [7, 11) is 1.66. The quantitative estimate of drug-likeness (QED) is 0.637. The molecule has 0 unspecified atom stereocenters. The van der Waals surface area contributed by atoms with Gasteiger partial charge in [-0.05, 0) is 47.5 Å². The molecule has 0 spiro atoms. The molecule has 1 fully saturated rings. The van der Waals surface area contributed by atoms with E-state index in [1.54, 1.807) is 7.11 Å². The van der Waals surface area contributed by atoms with Crippen LogP contribution in [-0.2, 0) is 11.2 Å². The standard InChI is InChI=1S/C22H23BrN4O2/c1-29-19-8-4-17(5-9-19)20-15-21(25-24-20)26-10-12-27(13-11-26)22(28)14-16-2-6-18(23)7-3-16/h2-9,15H,10-14H2,1H3,(H,24,25). The smallest absolute Gasteiger partial charge is 0.227 e. The Morgan fingerprint density at radius 1 is 1.07 bits per heavy atom. The number of methoxy groups -OCH3 is 1. The first kappa shape index (κ1) is 19.5. The SMILES string of the molecule is COc1ccc(-c2cc(N3CCN(C(=O)Cc4ccc(Br)cc4)CC3)n[nH]2)cc1. The van der Waals surface area contributed by atoms with Gasteiger partial charge in [0.15, 0.2) is 5.82 Å². The van der Waals surface area contributed by atoms with Crippen molar-refractivity contribution in [3.63, 3.8) is 0 Å². The number of aromatic amines is 1. The van der Waals surface area contributed by atoms with Gasteiger partial charge in [-0.1, -0.05) is 28.1 Å². The fourth-order valence-electron chi connectivity index (χ4n) is 3.47. The van der Waals surface area contributed by atoms with E-state index in [1.165, 1.54) is 0 Å². The molecule has 1 saturated heterocycles. The molecule has 0 radical (unpaired) electrons. The van der Waals surface area contributed by atoms with E-state index in [-0.39, 0.29) is 5.91 Å². The molecule has 7 heteroatoms. The highest BCUT2D eigenvalue weighted by Crippen LogP contribution is 2.24. The number of anilines is 1. The van der Waals surface area contributed by atoms with Gasteiger partial charge in [0.2, 0.25) is 5.91 Å². The molecule has 150 valence electrons. The Kier molecular flexibility index (Phi) is 5.85. The van der Waals surface area contributed by atoms with Gasteiger partial charge in [-0.25, -0.2) is 0 Å². The molecule has 0 bridgehead atoms. The summed E-state index contributed by atoms with van der Waals surface area (Å²) in [4.78, 5) is 16.8. The Morgan fingerprint density at radius 2 is 1.76 bits per heavy atom. The number of carbonyl (C=O) groups is 1. The van der Waals surface area contributed by atoms with Crippen LogP contribution in [0.25, 0.3) is 11.3 Å². The molecular weight excluding hydrogens is 432 g/mol. The lowest BCUT2D eigenvalue weighted by molar-refractivity contribution is -0.130. The largest absolute Gasteiger partial charge is 0.497 e. The van der Waals surface area contributed by atoms with Crippen molar-refractivity contribution in [2.45, 2.75) is 6.42 Å². The van der Waals surface area contributed by atoms with Gasteiger partial charge in [0, 0.05) is 36.7 Å². The number of halogens is 1. The molecule has 2 heterocycles. The minimum absolute atomic E-state index is 0.174. The van der Waals surface area contributed by atoms with Gasteiger partial charge >= 0.3 is 0 Å². The Hall–Kier alpha value is -2.80. The summed E-state index contributed by atoms with van der Waals surface area (Å²) in [5.41, 5.74) is 3.07. The van der Waals surface area contributed by atoms with Crippen molar-refractivity contribution in [1.29, 1.82) is 0 Å². The molecule has 4 rings (SSSR count). The predicted octanol–water partition coefficient (Wildman–Crippen LogP) is 3.74. The van der Waals surface area contributed by atoms with Gasteiger partial charge in [-0.15, -0.1) is 0 Å². The number of hydrogen-bond donors (Lipinski definition) is 1. The number of rotatable bonds is 5. The number of nitrogens with one attached hydrogen (secondary N) is 1. The summed E-state index contributed by atoms with van der Waals surface area (Å²) in [6.45, 7) is 2.97. The molecule has 1 N–H and O–H groups in total. The highest BCUT2D eigenvalue weighted by atomic mass is 79.9. The molecule has 0 aliphatic carbocycles. The Balaban J connectivity index is 1.34. The van der Waals surface area contributed by atoms with E-state index < -0.39 is 0 Å². The number of hydrogen-bond acceptors (Lipinski definition) is 4. The van der Waals surface area contributed by atoms with Gasteiger partial charge in [0.05, 0.1) is 19.2 Å². The van der Waals surface area contributed by atoms with Crippen LogP contribution in [0.1, 0.15) is 5.56 Å².